The fourth-order valence-corrected chi connectivity index (χ4v) is 2.35. The van der Waals surface area contributed by atoms with Crippen molar-refractivity contribution in [2.75, 3.05) is 6.54 Å². The molecule has 23 heavy (non-hydrogen) atoms. The van der Waals surface area contributed by atoms with E-state index in [0.717, 1.165) is 12.0 Å². The Hall–Kier alpha value is -1.71. The molecule has 0 radical (unpaired) electrons. The summed E-state index contributed by atoms with van der Waals surface area (Å²) >= 11 is 11.7. The molecule has 0 fully saturated rings. The average Bonchev–Trinajstić information content (AvgIpc) is 2.56. The van der Waals surface area contributed by atoms with E-state index in [2.05, 4.69) is 5.32 Å². The molecule has 0 saturated carbocycles. The molecule has 1 amide bonds. The Morgan fingerprint density at radius 1 is 1.04 bits per heavy atom. The first-order chi connectivity index (χ1) is 11.1. The third-order valence-corrected chi connectivity index (χ3v) is 3.89. The van der Waals surface area contributed by atoms with Gasteiger partial charge in [0.1, 0.15) is 5.75 Å². The molecule has 122 valence electrons. The van der Waals surface area contributed by atoms with Crippen molar-refractivity contribution in [3.05, 3.63) is 64.1 Å². The van der Waals surface area contributed by atoms with Crippen LogP contribution in [0.2, 0.25) is 10.0 Å². The Balaban J connectivity index is 1.82. The van der Waals surface area contributed by atoms with Crippen LogP contribution in [-0.2, 0) is 11.2 Å². The van der Waals surface area contributed by atoms with Gasteiger partial charge in [0.05, 0.1) is 0 Å². The van der Waals surface area contributed by atoms with Gasteiger partial charge in [-0.15, -0.1) is 0 Å². The van der Waals surface area contributed by atoms with Gasteiger partial charge in [-0.3, -0.25) is 4.79 Å². The number of ether oxygens (including phenoxy) is 1. The number of nitrogens with one attached hydrogen (secondary N) is 1. The van der Waals surface area contributed by atoms with Gasteiger partial charge >= 0.3 is 0 Å². The molecule has 0 aromatic heterocycles. The van der Waals surface area contributed by atoms with Crippen LogP contribution >= 0.6 is 23.2 Å². The molecule has 0 heterocycles. The Morgan fingerprint density at radius 3 is 2.17 bits per heavy atom. The number of amides is 1. The molecule has 2 aromatic rings. The highest BCUT2D eigenvalue weighted by Crippen LogP contribution is 2.17. The van der Waals surface area contributed by atoms with Crippen molar-refractivity contribution in [1.82, 2.24) is 5.32 Å². The molecule has 1 atom stereocenters. The molecule has 5 heteroatoms. The maximum atomic E-state index is 12.2. The second-order valence-electron chi connectivity index (χ2n) is 5.14. The standard InChI is InChI=1S/C18H19Cl2NO2/c1-2-17(23-16-9-7-15(20)8-10-16)18(22)21-12-11-13-3-5-14(19)6-4-13/h3-10,17H,2,11-12H2,1H3,(H,21,22)/t17-/m1/s1. The van der Waals surface area contributed by atoms with Gasteiger partial charge < -0.3 is 10.1 Å². The van der Waals surface area contributed by atoms with Gasteiger partial charge in [0.15, 0.2) is 6.10 Å². The number of benzene rings is 2. The zero-order valence-electron chi connectivity index (χ0n) is 12.9. The molecule has 0 aliphatic heterocycles. The molecule has 0 spiro atoms. The van der Waals surface area contributed by atoms with Crippen LogP contribution < -0.4 is 10.1 Å². The highest BCUT2D eigenvalue weighted by molar-refractivity contribution is 6.30. The summed E-state index contributed by atoms with van der Waals surface area (Å²) in [7, 11) is 0. The van der Waals surface area contributed by atoms with Gasteiger partial charge in [0, 0.05) is 16.6 Å². The number of halogens is 2. The molecule has 1 N–H and O–H groups in total. The van der Waals surface area contributed by atoms with Crippen LogP contribution in [0.3, 0.4) is 0 Å². The second kappa shape index (κ2) is 8.80. The number of carbonyl (C=O) groups is 1. The van der Waals surface area contributed by atoms with Crippen molar-refractivity contribution in [3.8, 4) is 5.75 Å². The van der Waals surface area contributed by atoms with E-state index < -0.39 is 6.10 Å². The van der Waals surface area contributed by atoms with E-state index in [9.17, 15) is 4.79 Å². The Labute approximate surface area is 146 Å². The first kappa shape index (κ1) is 17.6. The van der Waals surface area contributed by atoms with E-state index in [4.69, 9.17) is 27.9 Å². The van der Waals surface area contributed by atoms with Crippen LogP contribution in [0, 0.1) is 0 Å². The first-order valence-corrected chi connectivity index (χ1v) is 8.28. The Bertz CT molecular complexity index is 626. The third kappa shape index (κ3) is 5.77. The van der Waals surface area contributed by atoms with E-state index in [1.807, 2.05) is 31.2 Å². The summed E-state index contributed by atoms with van der Waals surface area (Å²) in [6, 6.07) is 14.6. The first-order valence-electron chi connectivity index (χ1n) is 7.53. The van der Waals surface area contributed by atoms with Crippen molar-refractivity contribution in [2.24, 2.45) is 0 Å². The summed E-state index contributed by atoms with van der Waals surface area (Å²) in [6.07, 6.45) is 0.830. The Kier molecular flexibility index (Phi) is 6.75. The van der Waals surface area contributed by atoms with Crippen LogP contribution in [0.1, 0.15) is 18.9 Å². The minimum Gasteiger partial charge on any atom is -0.481 e. The molecule has 3 nitrogen and oxygen atoms in total. The number of carbonyl (C=O) groups excluding carboxylic acids is 1. The van der Waals surface area contributed by atoms with Crippen molar-refractivity contribution >= 4 is 29.1 Å². The van der Waals surface area contributed by atoms with Gasteiger partial charge in [0.25, 0.3) is 5.91 Å². The number of rotatable bonds is 7. The van der Waals surface area contributed by atoms with Crippen molar-refractivity contribution in [3.63, 3.8) is 0 Å². The summed E-state index contributed by atoms with van der Waals surface area (Å²) in [4.78, 5) is 12.2. The maximum absolute atomic E-state index is 12.2. The fourth-order valence-electron chi connectivity index (χ4n) is 2.09. The van der Waals surface area contributed by atoms with Crippen LogP contribution in [0.25, 0.3) is 0 Å². The lowest BCUT2D eigenvalue weighted by molar-refractivity contribution is -0.128. The van der Waals surface area contributed by atoms with E-state index in [1.54, 1.807) is 24.3 Å². The molecule has 2 rings (SSSR count). The van der Waals surface area contributed by atoms with Gasteiger partial charge in [-0.05, 0) is 54.8 Å². The smallest absolute Gasteiger partial charge is 0.261 e. The highest BCUT2D eigenvalue weighted by atomic mass is 35.5. The molecule has 2 aromatic carbocycles. The molecule has 0 saturated heterocycles. The minimum atomic E-state index is -0.513. The topological polar surface area (TPSA) is 38.3 Å². The fraction of sp³-hybridized carbons (Fsp3) is 0.278. The summed E-state index contributed by atoms with van der Waals surface area (Å²) in [5, 5.41) is 4.25. The number of hydrogen-bond donors (Lipinski definition) is 1. The van der Waals surface area contributed by atoms with Gasteiger partial charge in [-0.2, -0.15) is 0 Å². The van der Waals surface area contributed by atoms with E-state index in [0.29, 0.717) is 28.8 Å². The lowest BCUT2D eigenvalue weighted by atomic mass is 10.1. The summed E-state index contributed by atoms with van der Waals surface area (Å²) in [5.74, 6) is 0.519. The molecular formula is C18H19Cl2NO2. The second-order valence-corrected chi connectivity index (χ2v) is 6.01. The largest absolute Gasteiger partial charge is 0.481 e. The number of hydrogen-bond acceptors (Lipinski definition) is 2. The monoisotopic (exact) mass is 351 g/mol. The summed E-state index contributed by atoms with van der Waals surface area (Å²) in [5.41, 5.74) is 1.13. The quantitative estimate of drug-likeness (QED) is 0.796. The predicted molar refractivity (Wildman–Crippen MR) is 94.3 cm³/mol. The van der Waals surface area contributed by atoms with Crippen molar-refractivity contribution < 1.29 is 9.53 Å². The van der Waals surface area contributed by atoms with Gasteiger partial charge in [-0.25, -0.2) is 0 Å². The van der Waals surface area contributed by atoms with Crippen molar-refractivity contribution in [2.45, 2.75) is 25.9 Å². The van der Waals surface area contributed by atoms with Crippen molar-refractivity contribution in [1.29, 1.82) is 0 Å². The molecule has 0 bridgehead atoms. The van der Waals surface area contributed by atoms with Crippen LogP contribution in [0.4, 0.5) is 0 Å². The van der Waals surface area contributed by atoms with E-state index >= 15 is 0 Å². The minimum absolute atomic E-state index is 0.114. The normalized spacial score (nSPS) is 11.8. The molecule has 0 aliphatic rings. The summed E-state index contributed by atoms with van der Waals surface area (Å²) in [6.45, 7) is 2.47. The van der Waals surface area contributed by atoms with Crippen LogP contribution in [-0.4, -0.2) is 18.6 Å². The zero-order valence-corrected chi connectivity index (χ0v) is 14.4. The molecule has 0 aliphatic carbocycles. The zero-order chi connectivity index (χ0) is 16.7. The maximum Gasteiger partial charge on any atom is 0.261 e. The highest BCUT2D eigenvalue weighted by Gasteiger charge is 2.17. The van der Waals surface area contributed by atoms with Crippen LogP contribution in [0.15, 0.2) is 48.5 Å². The average molecular weight is 352 g/mol. The van der Waals surface area contributed by atoms with E-state index in [-0.39, 0.29) is 5.91 Å². The lowest BCUT2D eigenvalue weighted by Crippen LogP contribution is -2.38. The van der Waals surface area contributed by atoms with Gasteiger partial charge in [-0.1, -0.05) is 42.3 Å². The van der Waals surface area contributed by atoms with E-state index in [1.165, 1.54) is 0 Å². The molecular weight excluding hydrogens is 333 g/mol. The van der Waals surface area contributed by atoms with Crippen LogP contribution in [0.5, 0.6) is 5.75 Å². The lowest BCUT2D eigenvalue weighted by Gasteiger charge is -2.17. The van der Waals surface area contributed by atoms with Gasteiger partial charge in [0.2, 0.25) is 0 Å². The molecule has 0 unspecified atom stereocenters. The third-order valence-electron chi connectivity index (χ3n) is 3.38. The summed E-state index contributed by atoms with van der Waals surface area (Å²) < 4.78 is 5.71. The SMILES string of the molecule is CC[C@@H](Oc1ccc(Cl)cc1)C(=O)NCCc1ccc(Cl)cc1. The Morgan fingerprint density at radius 2 is 1.61 bits per heavy atom. The predicted octanol–water partition coefficient (Wildman–Crippen LogP) is 4.51.